The van der Waals surface area contributed by atoms with Crippen molar-refractivity contribution in [3.8, 4) is 5.75 Å². The summed E-state index contributed by atoms with van der Waals surface area (Å²) in [5.74, 6) is -2.43. The molecule has 0 bridgehead atoms. The van der Waals surface area contributed by atoms with Crippen LogP contribution in [-0.2, 0) is 0 Å². The first-order valence-electron chi connectivity index (χ1n) is 10.5. The van der Waals surface area contributed by atoms with Crippen LogP contribution in [0.5, 0.6) is 5.75 Å². The average Bonchev–Trinajstić information content (AvgIpc) is 2.68. The van der Waals surface area contributed by atoms with Crippen molar-refractivity contribution in [3.63, 3.8) is 0 Å². The molecule has 2 aliphatic rings. The van der Waals surface area contributed by atoms with E-state index in [2.05, 4.69) is 23.8 Å². The van der Waals surface area contributed by atoms with Crippen LogP contribution in [0.25, 0.3) is 0 Å². The van der Waals surface area contributed by atoms with E-state index in [1.54, 1.807) is 0 Å². The molecule has 0 amide bonds. The summed E-state index contributed by atoms with van der Waals surface area (Å²) in [6.45, 7) is 3.67. The fraction of sp³-hybridized carbons (Fsp3) is 0.652. The standard InChI is InChI=1S/C23H30F4O/c1-15-3-6-17(7-4-15)8-9-18-10-12-19(13-11-18)23(26,27)28-20-14-5-16(2)21(24)22(20)25/h5,8-9,14-15,17-19H,3-4,6-7,10-13H2,1-2H3/b9-8+. The number of benzene rings is 1. The number of rotatable bonds is 5. The maximum atomic E-state index is 14.5. The molecule has 28 heavy (non-hydrogen) atoms. The Hall–Kier alpha value is -1.52. The second kappa shape index (κ2) is 8.87. The molecule has 0 saturated heterocycles. The summed E-state index contributed by atoms with van der Waals surface area (Å²) in [7, 11) is 0. The van der Waals surface area contributed by atoms with Crippen molar-refractivity contribution in [1.29, 1.82) is 0 Å². The van der Waals surface area contributed by atoms with Crippen LogP contribution < -0.4 is 4.74 Å². The molecule has 0 spiro atoms. The lowest BCUT2D eigenvalue weighted by atomic mass is 9.79. The van der Waals surface area contributed by atoms with E-state index in [1.807, 2.05) is 0 Å². The maximum Gasteiger partial charge on any atom is 0.400 e. The third-order valence-corrected chi connectivity index (χ3v) is 6.45. The van der Waals surface area contributed by atoms with Gasteiger partial charge >= 0.3 is 6.11 Å². The third kappa shape index (κ3) is 5.09. The molecule has 0 N–H and O–H groups in total. The molecule has 1 aromatic carbocycles. The second-order valence-corrected chi connectivity index (χ2v) is 8.69. The molecular formula is C23H30F4O. The van der Waals surface area contributed by atoms with Gasteiger partial charge in [0.15, 0.2) is 11.6 Å². The fourth-order valence-corrected chi connectivity index (χ4v) is 4.38. The van der Waals surface area contributed by atoms with Gasteiger partial charge in [-0.3, -0.25) is 0 Å². The van der Waals surface area contributed by atoms with Crippen LogP contribution in [0.1, 0.15) is 63.9 Å². The minimum atomic E-state index is -3.50. The van der Waals surface area contributed by atoms with Gasteiger partial charge < -0.3 is 4.74 Å². The van der Waals surface area contributed by atoms with Gasteiger partial charge in [0, 0.05) is 0 Å². The number of alkyl halides is 2. The Morgan fingerprint density at radius 2 is 1.39 bits per heavy atom. The molecule has 5 heteroatoms. The van der Waals surface area contributed by atoms with Crippen molar-refractivity contribution in [2.75, 3.05) is 0 Å². The van der Waals surface area contributed by atoms with Crippen molar-refractivity contribution in [1.82, 2.24) is 0 Å². The number of ether oxygens (including phenoxy) is 1. The lowest BCUT2D eigenvalue weighted by molar-refractivity contribution is -0.224. The molecule has 0 aromatic heterocycles. The number of hydrogen-bond acceptors (Lipinski definition) is 1. The van der Waals surface area contributed by atoms with E-state index >= 15 is 0 Å². The number of hydrogen-bond donors (Lipinski definition) is 0. The first-order chi connectivity index (χ1) is 13.3. The highest BCUT2D eigenvalue weighted by atomic mass is 19.3. The van der Waals surface area contributed by atoms with Gasteiger partial charge in [0.2, 0.25) is 5.82 Å². The van der Waals surface area contributed by atoms with Crippen molar-refractivity contribution in [2.24, 2.45) is 23.7 Å². The van der Waals surface area contributed by atoms with Gasteiger partial charge in [-0.1, -0.05) is 38.0 Å². The van der Waals surface area contributed by atoms with Crippen molar-refractivity contribution >= 4 is 0 Å². The minimum Gasteiger partial charge on any atom is -0.429 e. The Morgan fingerprint density at radius 1 is 0.857 bits per heavy atom. The van der Waals surface area contributed by atoms with E-state index in [9.17, 15) is 17.6 Å². The molecule has 1 aromatic rings. The third-order valence-electron chi connectivity index (χ3n) is 6.45. The average molecular weight is 398 g/mol. The molecular weight excluding hydrogens is 368 g/mol. The summed E-state index contributed by atoms with van der Waals surface area (Å²) in [4.78, 5) is 0. The summed E-state index contributed by atoms with van der Waals surface area (Å²) >= 11 is 0. The molecule has 2 aliphatic carbocycles. The summed E-state index contributed by atoms with van der Waals surface area (Å²) in [5, 5.41) is 0. The van der Waals surface area contributed by atoms with Gasteiger partial charge in [-0.25, -0.2) is 4.39 Å². The molecule has 0 aliphatic heterocycles. The predicted octanol–water partition coefficient (Wildman–Crippen LogP) is 7.43. The van der Waals surface area contributed by atoms with Crippen LogP contribution in [-0.4, -0.2) is 6.11 Å². The molecule has 1 nitrogen and oxygen atoms in total. The second-order valence-electron chi connectivity index (χ2n) is 8.69. The SMILES string of the molecule is Cc1ccc(OC(F)(F)C2CCC(/C=C/C3CCC(C)CC3)CC2)c(F)c1F. The summed E-state index contributed by atoms with van der Waals surface area (Å²) in [5.41, 5.74) is 0.0629. The van der Waals surface area contributed by atoms with Crippen LogP contribution in [0.2, 0.25) is 0 Å². The minimum absolute atomic E-state index is 0.0629. The Kier molecular flexibility index (Phi) is 6.72. The Labute approximate surface area is 165 Å². The Balaban J connectivity index is 1.53. The van der Waals surface area contributed by atoms with Crippen LogP contribution in [0.4, 0.5) is 17.6 Å². The van der Waals surface area contributed by atoms with E-state index in [-0.39, 0.29) is 5.56 Å². The molecule has 2 fully saturated rings. The summed E-state index contributed by atoms with van der Waals surface area (Å²) in [6.07, 6.45) is 7.96. The Morgan fingerprint density at radius 3 is 1.96 bits per heavy atom. The highest BCUT2D eigenvalue weighted by molar-refractivity contribution is 5.30. The van der Waals surface area contributed by atoms with Crippen LogP contribution >= 0.6 is 0 Å². The van der Waals surface area contributed by atoms with E-state index in [4.69, 9.17) is 0 Å². The topological polar surface area (TPSA) is 9.23 Å². The molecule has 2 saturated carbocycles. The van der Waals surface area contributed by atoms with Gasteiger partial charge in [-0.2, -0.15) is 13.2 Å². The van der Waals surface area contributed by atoms with Gasteiger partial charge in [-0.15, -0.1) is 0 Å². The highest BCUT2D eigenvalue weighted by Crippen LogP contribution is 2.41. The summed E-state index contributed by atoms with van der Waals surface area (Å²) in [6, 6.07) is 2.32. The molecule has 0 unspecified atom stereocenters. The van der Waals surface area contributed by atoms with Gasteiger partial charge in [-0.05, 0) is 74.8 Å². The first kappa shape index (κ1) is 21.2. The van der Waals surface area contributed by atoms with Gasteiger partial charge in [0.1, 0.15) is 0 Å². The van der Waals surface area contributed by atoms with E-state index in [1.165, 1.54) is 38.7 Å². The normalized spacial score (nSPS) is 29.2. The zero-order valence-corrected chi connectivity index (χ0v) is 16.7. The molecule has 0 radical (unpaired) electrons. The van der Waals surface area contributed by atoms with Crippen LogP contribution in [0.3, 0.4) is 0 Å². The van der Waals surface area contributed by atoms with Crippen LogP contribution in [0.15, 0.2) is 24.3 Å². The zero-order chi connectivity index (χ0) is 20.3. The van der Waals surface area contributed by atoms with Gasteiger partial charge in [0.05, 0.1) is 5.92 Å². The number of halogens is 4. The van der Waals surface area contributed by atoms with E-state index in [0.29, 0.717) is 37.5 Å². The summed E-state index contributed by atoms with van der Waals surface area (Å²) < 4.78 is 61.2. The smallest absolute Gasteiger partial charge is 0.400 e. The zero-order valence-electron chi connectivity index (χ0n) is 16.7. The lowest BCUT2D eigenvalue weighted by Gasteiger charge is -2.32. The monoisotopic (exact) mass is 398 g/mol. The van der Waals surface area contributed by atoms with Crippen molar-refractivity contribution in [3.05, 3.63) is 41.5 Å². The molecule has 156 valence electrons. The number of aryl methyl sites for hydroxylation is 1. The highest BCUT2D eigenvalue weighted by Gasteiger charge is 2.44. The quantitative estimate of drug-likeness (QED) is 0.370. The largest absolute Gasteiger partial charge is 0.429 e. The van der Waals surface area contributed by atoms with Crippen LogP contribution in [0, 0.1) is 42.2 Å². The maximum absolute atomic E-state index is 14.5. The lowest BCUT2D eigenvalue weighted by Crippen LogP contribution is -2.37. The van der Waals surface area contributed by atoms with Crippen molar-refractivity contribution in [2.45, 2.75) is 71.3 Å². The first-order valence-corrected chi connectivity index (χ1v) is 10.5. The molecule has 0 atom stereocenters. The van der Waals surface area contributed by atoms with Gasteiger partial charge in [0.25, 0.3) is 0 Å². The molecule has 0 heterocycles. The molecule has 3 rings (SSSR count). The fourth-order valence-electron chi connectivity index (χ4n) is 4.38. The van der Waals surface area contributed by atoms with E-state index < -0.39 is 29.4 Å². The van der Waals surface area contributed by atoms with Crippen molar-refractivity contribution < 1.29 is 22.3 Å². The Bertz CT molecular complexity index is 684. The van der Waals surface area contributed by atoms with E-state index in [0.717, 1.165) is 12.0 Å². The predicted molar refractivity (Wildman–Crippen MR) is 102 cm³/mol. The number of allylic oxidation sites excluding steroid dienone is 2.